The number of benzene rings is 1. The predicted octanol–water partition coefficient (Wildman–Crippen LogP) is 2.18. The van der Waals surface area contributed by atoms with Crippen LogP contribution >= 0.6 is 0 Å². The molecule has 0 bridgehead atoms. The summed E-state index contributed by atoms with van der Waals surface area (Å²) in [6.07, 6.45) is 2.60. The molecule has 1 aliphatic rings. The van der Waals surface area contributed by atoms with Crippen LogP contribution in [-0.4, -0.2) is 30.8 Å². The van der Waals surface area contributed by atoms with Crippen LogP contribution in [0.15, 0.2) is 17.0 Å². The Labute approximate surface area is 98.7 Å². The number of hydrogen-bond acceptors (Lipinski definition) is 3. The Morgan fingerprint density at radius 2 is 1.56 bits per heavy atom. The van der Waals surface area contributed by atoms with E-state index >= 15 is 0 Å². The minimum atomic E-state index is 0.0940. The van der Waals surface area contributed by atoms with E-state index in [1.54, 1.807) is 14.2 Å². The lowest BCUT2D eigenvalue weighted by atomic mass is 10.3. The zero-order valence-electron chi connectivity index (χ0n) is 9.66. The molecule has 1 aromatic rings. The second-order valence-corrected chi connectivity index (χ2v) is 6.06. The van der Waals surface area contributed by atoms with E-state index in [2.05, 4.69) is 0 Å². The van der Waals surface area contributed by atoms with Crippen molar-refractivity contribution in [1.82, 2.24) is 0 Å². The SMILES string of the molecule is COc1cc([S+]2CCCC2)cc(OC)c1O. The molecule has 0 unspecified atom stereocenters. The predicted molar refractivity (Wildman–Crippen MR) is 65.8 cm³/mol. The number of aromatic hydroxyl groups is 1. The average molecular weight is 241 g/mol. The van der Waals surface area contributed by atoms with Gasteiger partial charge in [-0.05, 0) is 12.8 Å². The van der Waals surface area contributed by atoms with Gasteiger partial charge in [0.1, 0.15) is 11.5 Å². The third-order valence-electron chi connectivity index (χ3n) is 2.82. The lowest BCUT2D eigenvalue weighted by molar-refractivity contribution is 0.338. The molecule has 1 N–H and O–H groups in total. The summed E-state index contributed by atoms with van der Waals surface area (Å²) in [4.78, 5) is 1.24. The quantitative estimate of drug-likeness (QED) is 0.824. The van der Waals surface area contributed by atoms with Gasteiger partial charge in [0.25, 0.3) is 0 Å². The minimum Gasteiger partial charge on any atom is -0.502 e. The van der Waals surface area contributed by atoms with Crippen LogP contribution in [0, 0.1) is 0 Å². The molecule has 1 heterocycles. The van der Waals surface area contributed by atoms with Crippen LogP contribution in [0.25, 0.3) is 0 Å². The van der Waals surface area contributed by atoms with Crippen LogP contribution in [0.4, 0.5) is 0 Å². The first-order valence-electron chi connectivity index (χ1n) is 5.38. The molecular weight excluding hydrogens is 224 g/mol. The molecule has 0 radical (unpaired) electrons. The van der Waals surface area contributed by atoms with Crippen molar-refractivity contribution in [3.8, 4) is 17.2 Å². The molecule has 1 aliphatic heterocycles. The van der Waals surface area contributed by atoms with E-state index in [0.717, 1.165) is 0 Å². The summed E-state index contributed by atoms with van der Waals surface area (Å²) in [7, 11) is 3.44. The van der Waals surface area contributed by atoms with E-state index in [0.29, 0.717) is 22.4 Å². The Bertz CT molecular complexity index is 348. The number of phenolic OH excluding ortho intramolecular Hbond substituents is 1. The molecule has 0 spiro atoms. The monoisotopic (exact) mass is 241 g/mol. The highest BCUT2D eigenvalue weighted by molar-refractivity contribution is 7.97. The van der Waals surface area contributed by atoms with Gasteiger partial charge in [-0.15, -0.1) is 0 Å². The van der Waals surface area contributed by atoms with E-state index in [4.69, 9.17) is 9.47 Å². The lowest BCUT2D eigenvalue weighted by Gasteiger charge is -2.10. The summed E-state index contributed by atoms with van der Waals surface area (Å²) in [5.74, 6) is 3.60. The fourth-order valence-corrected chi connectivity index (χ4v) is 4.25. The molecule has 1 fully saturated rings. The second kappa shape index (κ2) is 4.87. The Balaban J connectivity index is 2.37. The normalized spacial score (nSPS) is 16.4. The van der Waals surface area contributed by atoms with E-state index in [1.165, 1.54) is 29.2 Å². The van der Waals surface area contributed by atoms with Gasteiger partial charge in [0.05, 0.1) is 14.2 Å². The molecule has 3 nitrogen and oxygen atoms in total. The zero-order valence-corrected chi connectivity index (χ0v) is 10.5. The summed E-state index contributed by atoms with van der Waals surface area (Å²) in [5.41, 5.74) is 0. The van der Waals surface area contributed by atoms with Crippen molar-refractivity contribution in [1.29, 1.82) is 0 Å². The van der Waals surface area contributed by atoms with Gasteiger partial charge in [-0.25, -0.2) is 0 Å². The Kier molecular flexibility index (Phi) is 3.49. The first-order valence-corrected chi connectivity index (χ1v) is 6.95. The van der Waals surface area contributed by atoms with Crippen LogP contribution in [0.5, 0.6) is 17.2 Å². The number of ether oxygens (including phenoxy) is 2. The maximum absolute atomic E-state index is 9.81. The lowest BCUT2D eigenvalue weighted by Crippen LogP contribution is -2.04. The zero-order chi connectivity index (χ0) is 11.5. The molecule has 0 saturated carbocycles. The average Bonchev–Trinajstić information content (AvgIpc) is 2.83. The summed E-state index contributed by atoms with van der Waals surface area (Å²) in [5, 5.41) is 9.81. The van der Waals surface area contributed by atoms with Crippen LogP contribution in [-0.2, 0) is 10.9 Å². The molecular formula is C12H17O3S+. The maximum Gasteiger partial charge on any atom is 0.201 e. The van der Waals surface area contributed by atoms with Crippen molar-refractivity contribution in [2.24, 2.45) is 0 Å². The Hall–Kier alpha value is -1.03. The third kappa shape index (κ3) is 2.07. The van der Waals surface area contributed by atoms with Gasteiger partial charge in [-0.2, -0.15) is 0 Å². The highest BCUT2D eigenvalue weighted by Gasteiger charge is 2.29. The Morgan fingerprint density at radius 1 is 1.06 bits per heavy atom. The van der Waals surface area contributed by atoms with Gasteiger partial charge >= 0.3 is 0 Å². The van der Waals surface area contributed by atoms with Crippen molar-refractivity contribution in [2.75, 3.05) is 25.7 Å². The molecule has 0 aliphatic carbocycles. The second-order valence-electron chi connectivity index (χ2n) is 3.78. The van der Waals surface area contributed by atoms with Crippen LogP contribution in [0.1, 0.15) is 12.8 Å². The van der Waals surface area contributed by atoms with E-state index in [9.17, 15) is 5.11 Å². The van der Waals surface area contributed by atoms with Crippen LogP contribution in [0.3, 0.4) is 0 Å². The maximum atomic E-state index is 9.81. The highest BCUT2D eigenvalue weighted by atomic mass is 32.2. The fraction of sp³-hybridized carbons (Fsp3) is 0.500. The van der Waals surface area contributed by atoms with Gasteiger partial charge in [0, 0.05) is 23.0 Å². The standard InChI is InChI=1S/C12H16O3S/c1-14-10-7-9(16-5-3-4-6-16)8-11(15-2)12(10)13/h7-8H,3-6H2,1-2H3/p+1. The Morgan fingerprint density at radius 3 is 2.00 bits per heavy atom. The van der Waals surface area contributed by atoms with Crippen LogP contribution in [0.2, 0.25) is 0 Å². The van der Waals surface area contributed by atoms with Crippen molar-refractivity contribution < 1.29 is 14.6 Å². The number of hydrogen-bond donors (Lipinski definition) is 1. The van der Waals surface area contributed by atoms with Crippen LogP contribution < -0.4 is 9.47 Å². The topological polar surface area (TPSA) is 38.7 Å². The summed E-state index contributed by atoms with van der Waals surface area (Å²) in [6.45, 7) is 0. The molecule has 1 aromatic carbocycles. The van der Waals surface area contributed by atoms with E-state index < -0.39 is 0 Å². The molecule has 0 atom stereocenters. The molecule has 4 heteroatoms. The van der Waals surface area contributed by atoms with Gasteiger partial charge in [-0.3, -0.25) is 0 Å². The van der Waals surface area contributed by atoms with Gasteiger partial charge in [0.15, 0.2) is 16.4 Å². The molecule has 16 heavy (non-hydrogen) atoms. The smallest absolute Gasteiger partial charge is 0.201 e. The van der Waals surface area contributed by atoms with Crippen molar-refractivity contribution in [3.63, 3.8) is 0 Å². The fourth-order valence-electron chi connectivity index (χ4n) is 1.93. The van der Waals surface area contributed by atoms with Crippen molar-refractivity contribution in [2.45, 2.75) is 17.7 Å². The van der Waals surface area contributed by atoms with Crippen molar-refractivity contribution in [3.05, 3.63) is 12.1 Å². The largest absolute Gasteiger partial charge is 0.502 e. The van der Waals surface area contributed by atoms with Crippen molar-refractivity contribution >= 4 is 10.9 Å². The highest BCUT2D eigenvalue weighted by Crippen LogP contribution is 2.39. The molecule has 88 valence electrons. The summed E-state index contributed by atoms with van der Waals surface area (Å²) < 4.78 is 10.3. The summed E-state index contributed by atoms with van der Waals surface area (Å²) in [6, 6.07) is 3.87. The minimum absolute atomic E-state index is 0.0940. The molecule has 0 amide bonds. The van der Waals surface area contributed by atoms with Gasteiger partial charge < -0.3 is 14.6 Å². The van der Waals surface area contributed by atoms with Gasteiger partial charge in [-0.1, -0.05) is 0 Å². The first kappa shape index (κ1) is 11.5. The third-order valence-corrected chi connectivity index (χ3v) is 5.28. The number of rotatable bonds is 3. The molecule has 2 rings (SSSR count). The summed E-state index contributed by atoms with van der Waals surface area (Å²) >= 11 is 0. The number of phenols is 1. The van der Waals surface area contributed by atoms with E-state index in [1.807, 2.05) is 12.1 Å². The first-order chi connectivity index (χ1) is 7.76. The molecule has 0 aromatic heterocycles. The van der Waals surface area contributed by atoms with Gasteiger partial charge in [0.2, 0.25) is 5.75 Å². The molecule has 1 saturated heterocycles. The van der Waals surface area contributed by atoms with E-state index in [-0.39, 0.29) is 5.75 Å². The number of methoxy groups -OCH3 is 2.